The van der Waals surface area contributed by atoms with Crippen LogP contribution < -0.4 is 4.57 Å². The van der Waals surface area contributed by atoms with Crippen molar-refractivity contribution >= 4 is 0 Å². The molecule has 0 unspecified atom stereocenters. The molecule has 0 fully saturated rings. The van der Waals surface area contributed by atoms with E-state index in [0.717, 1.165) is 22.4 Å². The van der Waals surface area contributed by atoms with Crippen LogP contribution in [0.4, 0.5) is 4.39 Å². The molecule has 0 aliphatic heterocycles. The van der Waals surface area contributed by atoms with Gasteiger partial charge in [-0.15, -0.1) is 0 Å². The summed E-state index contributed by atoms with van der Waals surface area (Å²) < 4.78 is 24.8. The molecule has 1 aromatic carbocycles. The van der Waals surface area contributed by atoms with Gasteiger partial charge in [0, 0.05) is 17.2 Å². The number of nitrogens with zero attached hydrogens (tertiary/aromatic N) is 1. The number of rotatable bonds is 1. The van der Waals surface area contributed by atoms with E-state index in [0.29, 0.717) is 11.7 Å². The second-order valence-electron chi connectivity index (χ2n) is 8.45. The molecular formula is C21H29FN+. The average molecular weight is 315 g/mol. The van der Waals surface area contributed by atoms with Crippen LogP contribution in [0.2, 0.25) is 0 Å². The summed E-state index contributed by atoms with van der Waals surface area (Å²) >= 11 is 0. The van der Waals surface area contributed by atoms with Gasteiger partial charge in [-0.1, -0.05) is 41.5 Å². The van der Waals surface area contributed by atoms with E-state index in [9.17, 15) is 4.39 Å². The van der Waals surface area contributed by atoms with Crippen LogP contribution in [0.3, 0.4) is 0 Å². The second-order valence-corrected chi connectivity index (χ2v) is 8.45. The molecule has 0 atom stereocenters. The molecule has 1 aromatic heterocycles. The zero-order chi connectivity index (χ0) is 18.4. The summed E-state index contributed by atoms with van der Waals surface area (Å²) in [7, 11) is 1.91. The van der Waals surface area contributed by atoms with Gasteiger partial charge in [0.1, 0.15) is 14.2 Å². The zero-order valence-corrected chi connectivity index (χ0v) is 15.6. The first-order valence-electron chi connectivity index (χ1n) is 8.65. The maximum atomic E-state index is 14.4. The van der Waals surface area contributed by atoms with Crippen molar-refractivity contribution in [3.8, 4) is 11.3 Å². The van der Waals surface area contributed by atoms with Crippen molar-refractivity contribution in [3.63, 3.8) is 0 Å². The molecule has 0 saturated heterocycles. The van der Waals surface area contributed by atoms with E-state index in [1.165, 1.54) is 0 Å². The number of hydrogen-bond donors (Lipinski definition) is 0. The summed E-state index contributed by atoms with van der Waals surface area (Å²) in [6.45, 7) is 14.3. The third-order valence-electron chi connectivity index (χ3n) is 4.26. The van der Waals surface area contributed by atoms with Crippen molar-refractivity contribution in [1.29, 1.82) is 0 Å². The molecule has 0 N–H and O–H groups in total. The lowest BCUT2D eigenvalue weighted by Gasteiger charge is -2.22. The molecule has 1 nitrogen and oxygen atoms in total. The average Bonchev–Trinajstić information content (AvgIpc) is 2.39. The highest BCUT2D eigenvalue weighted by Gasteiger charge is 2.24. The predicted octanol–water partition coefficient (Wildman–Crippen LogP) is 5.22. The summed E-state index contributed by atoms with van der Waals surface area (Å²) in [4.78, 5) is 0. The fourth-order valence-corrected chi connectivity index (χ4v) is 2.76. The minimum Gasteiger partial charge on any atom is -0.207 e. The van der Waals surface area contributed by atoms with Crippen LogP contribution in [0, 0.1) is 12.7 Å². The van der Waals surface area contributed by atoms with E-state index < -0.39 is 0 Å². The number of pyridine rings is 1. The minimum absolute atomic E-state index is 0.0816. The molecular weight excluding hydrogens is 285 g/mol. The van der Waals surface area contributed by atoms with Crippen LogP contribution in [0.1, 0.15) is 59.6 Å². The molecule has 124 valence electrons. The van der Waals surface area contributed by atoms with Crippen LogP contribution in [-0.4, -0.2) is 0 Å². The monoisotopic (exact) mass is 315 g/mol. The third kappa shape index (κ3) is 3.63. The first kappa shape index (κ1) is 16.2. The Morgan fingerprint density at radius 2 is 1.61 bits per heavy atom. The Morgan fingerprint density at radius 3 is 2.13 bits per heavy atom. The first-order chi connectivity index (χ1) is 10.8. The molecule has 0 bridgehead atoms. The van der Waals surface area contributed by atoms with Gasteiger partial charge in [-0.3, -0.25) is 0 Å². The Hall–Kier alpha value is -1.70. The van der Waals surface area contributed by atoms with Gasteiger partial charge in [-0.25, -0.2) is 8.96 Å². The van der Waals surface area contributed by atoms with E-state index in [1.807, 2.05) is 57.5 Å². The molecule has 2 rings (SSSR count). The van der Waals surface area contributed by atoms with Crippen LogP contribution in [0.15, 0.2) is 30.4 Å². The lowest BCUT2D eigenvalue weighted by molar-refractivity contribution is -0.661. The quantitative estimate of drug-likeness (QED) is 0.635. The zero-order valence-electron chi connectivity index (χ0n) is 16.6. The Kier molecular flexibility index (Phi) is 4.03. The Labute approximate surface area is 141 Å². The predicted molar refractivity (Wildman–Crippen MR) is 95.1 cm³/mol. The fraction of sp³-hybridized carbons (Fsp3) is 0.476. The maximum absolute atomic E-state index is 14.4. The standard InChI is InChI=1S/C21H29FN/c1-14-11-18(22)17(21(5,6)7)12-16(14)19-10-9-15(13-23(19)8)20(2,3)4/h9-13H,1-8H3/q+1/i13D. The van der Waals surface area contributed by atoms with Gasteiger partial charge in [0.2, 0.25) is 5.69 Å². The van der Waals surface area contributed by atoms with Crippen molar-refractivity contribution < 1.29 is 10.3 Å². The number of aryl methyl sites for hydroxylation is 1. The van der Waals surface area contributed by atoms with Crippen molar-refractivity contribution in [2.45, 2.75) is 59.3 Å². The molecule has 0 aliphatic rings. The molecule has 0 amide bonds. The van der Waals surface area contributed by atoms with Crippen LogP contribution in [-0.2, 0) is 17.9 Å². The SMILES string of the molecule is [2H]c1c(C(C)(C)C)ccc(-c2cc(C(C)(C)C)c(F)cc2C)[n+]1C. The van der Waals surface area contributed by atoms with Crippen molar-refractivity contribution in [2.75, 3.05) is 0 Å². The molecule has 0 radical (unpaired) electrons. The minimum atomic E-state index is -0.264. The molecule has 2 aromatic rings. The first-order valence-corrected chi connectivity index (χ1v) is 8.15. The van der Waals surface area contributed by atoms with E-state index in [-0.39, 0.29) is 16.6 Å². The Morgan fingerprint density at radius 1 is 1.00 bits per heavy atom. The highest BCUT2D eigenvalue weighted by Crippen LogP contribution is 2.32. The van der Waals surface area contributed by atoms with E-state index in [1.54, 1.807) is 6.07 Å². The lowest BCUT2D eigenvalue weighted by Crippen LogP contribution is -2.33. The summed E-state index contributed by atoms with van der Waals surface area (Å²) in [5.74, 6) is -0.163. The van der Waals surface area contributed by atoms with E-state index in [2.05, 4.69) is 20.8 Å². The fourth-order valence-electron chi connectivity index (χ4n) is 2.76. The second kappa shape index (κ2) is 5.74. The van der Waals surface area contributed by atoms with E-state index in [4.69, 9.17) is 1.37 Å². The number of hydrogen-bond acceptors (Lipinski definition) is 0. The molecule has 0 saturated carbocycles. The highest BCUT2D eigenvalue weighted by molar-refractivity contribution is 5.63. The van der Waals surface area contributed by atoms with Gasteiger partial charge in [0.15, 0.2) is 6.17 Å². The van der Waals surface area contributed by atoms with Gasteiger partial charge in [0.25, 0.3) is 0 Å². The van der Waals surface area contributed by atoms with Crippen LogP contribution in [0.25, 0.3) is 11.3 Å². The molecule has 0 spiro atoms. The number of benzene rings is 1. The molecule has 23 heavy (non-hydrogen) atoms. The lowest BCUT2D eigenvalue weighted by atomic mass is 9.84. The normalized spacial score (nSPS) is 13.2. The van der Waals surface area contributed by atoms with E-state index >= 15 is 0 Å². The number of aromatic nitrogens is 1. The topological polar surface area (TPSA) is 3.88 Å². The van der Waals surface area contributed by atoms with Gasteiger partial charge in [-0.05, 0) is 47.1 Å². The van der Waals surface area contributed by atoms with Gasteiger partial charge < -0.3 is 0 Å². The van der Waals surface area contributed by atoms with Crippen molar-refractivity contribution in [3.05, 3.63) is 52.9 Å². The van der Waals surface area contributed by atoms with Gasteiger partial charge in [0.05, 0.1) is 0 Å². The maximum Gasteiger partial charge on any atom is 0.212 e. The summed E-state index contributed by atoms with van der Waals surface area (Å²) in [5, 5.41) is 0. The Bertz CT molecular complexity index is 780. The molecule has 0 aliphatic carbocycles. The largest absolute Gasteiger partial charge is 0.212 e. The summed E-state index contributed by atoms with van der Waals surface area (Å²) in [6, 6.07) is 7.62. The van der Waals surface area contributed by atoms with Gasteiger partial charge >= 0.3 is 0 Å². The number of halogens is 1. The third-order valence-corrected chi connectivity index (χ3v) is 4.26. The highest BCUT2D eigenvalue weighted by atomic mass is 19.1. The Balaban J connectivity index is 2.72. The summed E-state index contributed by atoms with van der Waals surface area (Å²) in [6.07, 6.45) is 0.501. The van der Waals surface area contributed by atoms with Gasteiger partial charge in [-0.2, -0.15) is 0 Å². The van der Waals surface area contributed by atoms with Crippen molar-refractivity contribution in [2.24, 2.45) is 7.05 Å². The van der Waals surface area contributed by atoms with Crippen LogP contribution in [0.5, 0.6) is 0 Å². The van der Waals surface area contributed by atoms with Crippen molar-refractivity contribution in [1.82, 2.24) is 0 Å². The molecule has 1 heterocycles. The smallest absolute Gasteiger partial charge is 0.207 e. The summed E-state index contributed by atoms with van der Waals surface area (Å²) in [5.41, 5.74) is 4.18. The molecule has 2 heteroatoms. The van der Waals surface area contributed by atoms with Crippen LogP contribution >= 0.6 is 0 Å².